The average molecular weight is 288 g/mol. The fourth-order valence-electron chi connectivity index (χ4n) is 1.55. The Hall–Kier alpha value is -2.47. The van der Waals surface area contributed by atoms with Crippen molar-refractivity contribution in [2.45, 2.75) is 6.92 Å². The third-order valence-electron chi connectivity index (χ3n) is 2.44. The molecule has 5 nitrogen and oxygen atoms in total. The minimum atomic E-state index is -1.16. The number of hydrogen-bond acceptors (Lipinski definition) is 4. The molecule has 0 bridgehead atoms. The van der Waals surface area contributed by atoms with Crippen LogP contribution in [-0.2, 0) is 9.59 Å². The van der Waals surface area contributed by atoms with Crippen LogP contribution in [-0.4, -0.2) is 22.0 Å². The number of anilines is 1. The van der Waals surface area contributed by atoms with Crippen LogP contribution in [0.3, 0.4) is 0 Å². The van der Waals surface area contributed by atoms with Crippen LogP contribution in [0.2, 0.25) is 0 Å². The van der Waals surface area contributed by atoms with Crippen molar-refractivity contribution in [3.05, 3.63) is 46.8 Å². The normalized spacial score (nSPS) is 10.7. The molecule has 0 aliphatic heterocycles. The van der Waals surface area contributed by atoms with Gasteiger partial charge in [-0.15, -0.1) is 11.3 Å². The number of carbonyl (C=O) groups is 2. The van der Waals surface area contributed by atoms with Gasteiger partial charge in [-0.3, -0.25) is 4.79 Å². The van der Waals surface area contributed by atoms with E-state index in [1.807, 2.05) is 24.4 Å². The van der Waals surface area contributed by atoms with Crippen molar-refractivity contribution in [2.24, 2.45) is 0 Å². The molecule has 2 N–H and O–H groups in total. The number of hydrogen-bond donors (Lipinski definition) is 2. The number of nitrogens with zero attached hydrogens (tertiary/aromatic N) is 1. The van der Waals surface area contributed by atoms with Gasteiger partial charge in [0.1, 0.15) is 0 Å². The number of aromatic nitrogens is 1. The van der Waals surface area contributed by atoms with Crippen molar-refractivity contribution in [1.82, 2.24) is 4.98 Å². The average Bonchev–Trinajstić information content (AvgIpc) is 2.84. The van der Waals surface area contributed by atoms with Gasteiger partial charge in [-0.1, -0.05) is 12.1 Å². The molecule has 0 aliphatic rings. The zero-order valence-electron chi connectivity index (χ0n) is 10.7. The molecule has 102 valence electrons. The molecule has 2 aromatic rings. The van der Waals surface area contributed by atoms with E-state index in [0.29, 0.717) is 5.69 Å². The Labute approximate surface area is 119 Å². The standard InChI is InChI=1S/C14H12N2O3S/c1-9-15-12(8-20-9)10-2-4-11(5-3-10)16-13(17)6-7-14(18)19/h2-8H,1H3,(H,16,17)(H,18,19)/b7-6-. The van der Waals surface area contributed by atoms with Crippen LogP contribution in [0, 0.1) is 6.92 Å². The molecule has 0 saturated heterocycles. The fourth-order valence-corrected chi connectivity index (χ4v) is 2.17. The Kier molecular flexibility index (Phi) is 4.27. The molecule has 1 heterocycles. The number of rotatable bonds is 4. The summed E-state index contributed by atoms with van der Waals surface area (Å²) in [5, 5.41) is 14.0. The number of aryl methyl sites for hydroxylation is 1. The molecule has 20 heavy (non-hydrogen) atoms. The molecular weight excluding hydrogens is 276 g/mol. The van der Waals surface area contributed by atoms with Crippen LogP contribution in [0.5, 0.6) is 0 Å². The van der Waals surface area contributed by atoms with Gasteiger partial charge < -0.3 is 10.4 Å². The number of carboxylic acid groups (broad SMARTS) is 1. The lowest BCUT2D eigenvalue weighted by atomic mass is 10.1. The summed E-state index contributed by atoms with van der Waals surface area (Å²) in [5.41, 5.74) is 2.46. The first-order chi connectivity index (χ1) is 9.54. The predicted molar refractivity (Wildman–Crippen MR) is 77.7 cm³/mol. The van der Waals surface area contributed by atoms with Gasteiger partial charge in [0.05, 0.1) is 10.7 Å². The van der Waals surface area contributed by atoms with E-state index in [9.17, 15) is 9.59 Å². The summed E-state index contributed by atoms with van der Waals surface area (Å²) in [7, 11) is 0. The van der Waals surface area contributed by atoms with Crippen molar-refractivity contribution in [3.8, 4) is 11.3 Å². The maximum atomic E-state index is 11.4. The van der Waals surface area contributed by atoms with E-state index in [0.717, 1.165) is 28.4 Å². The predicted octanol–water partition coefficient (Wildman–Crippen LogP) is 2.70. The lowest BCUT2D eigenvalue weighted by molar-refractivity contribution is -0.131. The van der Waals surface area contributed by atoms with Crippen LogP contribution in [0.25, 0.3) is 11.3 Å². The second-order valence-corrected chi connectivity index (χ2v) is 5.05. The van der Waals surface area contributed by atoms with Crippen LogP contribution in [0.4, 0.5) is 5.69 Å². The van der Waals surface area contributed by atoms with Crippen LogP contribution >= 0.6 is 11.3 Å². The smallest absolute Gasteiger partial charge is 0.328 e. The Morgan fingerprint density at radius 3 is 2.50 bits per heavy atom. The summed E-state index contributed by atoms with van der Waals surface area (Å²) in [6.45, 7) is 1.94. The van der Waals surface area contributed by atoms with Gasteiger partial charge in [-0.05, 0) is 19.1 Å². The third-order valence-corrected chi connectivity index (χ3v) is 3.22. The van der Waals surface area contributed by atoms with Gasteiger partial charge in [0.2, 0.25) is 5.91 Å². The van der Waals surface area contributed by atoms with Gasteiger partial charge in [-0.2, -0.15) is 0 Å². The molecule has 0 spiro atoms. The molecule has 0 radical (unpaired) electrons. The third kappa shape index (κ3) is 3.76. The van der Waals surface area contributed by atoms with E-state index in [2.05, 4.69) is 10.3 Å². The second kappa shape index (κ2) is 6.12. The number of carbonyl (C=O) groups excluding carboxylic acids is 1. The highest BCUT2D eigenvalue weighted by Gasteiger charge is 2.03. The number of nitrogens with one attached hydrogen (secondary N) is 1. The molecule has 0 unspecified atom stereocenters. The Balaban J connectivity index is 2.05. The van der Waals surface area contributed by atoms with E-state index >= 15 is 0 Å². The topological polar surface area (TPSA) is 79.3 Å². The maximum absolute atomic E-state index is 11.4. The van der Waals surface area contributed by atoms with Crippen LogP contribution in [0.15, 0.2) is 41.8 Å². The first kappa shape index (κ1) is 14.0. The minimum absolute atomic E-state index is 0.482. The van der Waals surface area contributed by atoms with Crippen molar-refractivity contribution >= 4 is 28.9 Å². The number of benzene rings is 1. The Morgan fingerprint density at radius 2 is 1.95 bits per heavy atom. The highest BCUT2D eigenvalue weighted by molar-refractivity contribution is 7.09. The molecule has 0 fully saturated rings. The quantitative estimate of drug-likeness (QED) is 0.848. The Bertz CT molecular complexity index is 659. The summed E-state index contributed by atoms with van der Waals surface area (Å²) >= 11 is 1.58. The number of thiazole rings is 1. The number of amides is 1. The molecule has 1 amide bonds. The number of carboxylic acids is 1. The van der Waals surface area contributed by atoms with Crippen molar-refractivity contribution in [1.29, 1.82) is 0 Å². The summed E-state index contributed by atoms with van der Waals surface area (Å²) in [4.78, 5) is 26.1. The lowest BCUT2D eigenvalue weighted by Gasteiger charge is -2.03. The van der Waals surface area contributed by atoms with E-state index in [1.165, 1.54) is 0 Å². The zero-order valence-corrected chi connectivity index (χ0v) is 11.5. The lowest BCUT2D eigenvalue weighted by Crippen LogP contribution is -2.08. The molecule has 0 saturated carbocycles. The van der Waals surface area contributed by atoms with E-state index < -0.39 is 11.9 Å². The molecule has 1 aromatic carbocycles. The van der Waals surface area contributed by atoms with Crippen molar-refractivity contribution < 1.29 is 14.7 Å². The first-order valence-corrected chi connectivity index (χ1v) is 6.67. The van der Waals surface area contributed by atoms with E-state index in [1.54, 1.807) is 23.5 Å². The fraction of sp³-hybridized carbons (Fsp3) is 0.0714. The molecule has 1 aromatic heterocycles. The van der Waals surface area contributed by atoms with Gasteiger partial charge in [0.15, 0.2) is 0 Å². The minimum Gasteiger partial charge on any atom is -0.478 e. The van der Waals surface area contributed by atoms with Gasteiger partial charge in [-0.25, -0.2) is 9.78 Å². The number of aliphatic carboxylic acids is 1. The van der Waals surface area contributed by atoms with Gasteiger partial charge in [0.25, 0.3) is 0 Å². The van der Waals surface area contributed by atoms with Gasteiger partial charge >= 0.3 is 5.97 Å². The van der Waals surface area contributed by atoms with Crippen LogP contribution < -0.4 is 5.32 Å². The highest BCUT2D eigenvalue weighted by Crippen LogP contribution is 2.22. The van der Waals surface area contributed by atoms with Crippen LogP contribution in [0.1, 0.15) is 5.01 Å². The first-order valence-electron chi connectivity index (χ1n) is 5.79. The van der Waals surface area contributed by atoms with Gasteiger partial charge in [0, 0.05) is 28.8 Å². The van der Waals surface area contributed by atoms with Crippen molar-refractivity contribution in [2.75, 3.05) is 5.32 Å². The molecule has 2 rings (SSSR count). The van der Waals surface area contributed by atoms with Crippen molar-refractivity contribution in [3.63, 3.8) is 0 Å². The molecular formula is C14H12N2O3S. The second-order valence-electron chi connectivity index (χ2n) is 3.99. The monoisotopic (exact) mass is 288 g/mol. The summed E-state index contributed by atoms with van der Waals surface area (Å²) in [6, 6.07) is 7.20. The molecule has 0 aliphatic carbocycles. The van der Waals surface area contributed by atoms with E-state index in [4.69, 9.17) is 5.11 Å². The summed E-state index contributed by atoms with van der Waals surface area (Å²) in [5.74, 6) is -1.64. The SMILES string of the molecule is Cc1nc(-c2ccc(NC(=O)/C=C\C(=O)O)cc2)cs1. The maximum Gasteiger partial charge on any atom is 0.328 e. The largest absolute Gasteiger partial charge is 0.478 e. The van der Waals surface area contributed by atoms with E-state index in [-0.39, 0.29) is 0 Å². The zero-order chi connectivity index (χ0) is 14.5. The molecule has 6 heteroatoms. The summed E-state index contributed by atoms with van der Waals surface area (Å²) in [6.07, 6.45) is 1.77. The summed E-state index contributed by atoms with van der Waals surface area (Å²) < 4.78 is 0. The Morgan fingerprint density at radius 1 is 1.25 bits per heavy atom. The highest BCUT2D eigenvalue weighted by atomic mass is 32.1. The molecule has 0 atom stereocenters.